The fourth-order valence-corrected chi connectivity index (χ4v) is 4.81. The second-order valence-corrected chi connectivity index (χ2v) is 8.04. The van der Waals surface area contributed by atoms with Crippen molar-refractivity contribution in [1.29, 1.82) is 0 Å². The lowest BCUT2D eigenvalue weighted by atomic mass is 9.84. The Kier molecular flexibility index (Phi) is 5.97. The first-order valence-corrected chi connectivity index (χ1v) is 9.92. The predicted molar refractivity (Wildman–Crippen MR) is 93.0 cm³/mol. The zero-order valence-electron chi connectivity index (χ0n) is 14.9. The van der Waals surface area contributed by atoms with Gasteiger partial charge in [0, 0.05) is 0 Å². The Bertz CT molecular complexity index is 510. The van der Waals surface area contributed by atoms with Gasteiger partial charge in [-0.05, 0) is 24.7 Å². The molecule has 0 radical (unpaired) electrons. The van der Waals surface area contributed by atoms with Gasteiger partial charge in [-0.1, -0.05) is 64.2 Å². The van der Waals surface area contributed by atoms with Crippen molar-refractivity contribution in [3.05, 3.63) is 0 Å². The lowest BCUT2D eigenvalue weighted by Crippen LogP contribution is -2.47. The van der Waals surface area contributed by atoms with Crippen LogP contribution in [0.4, 0.5) is 4.79 Å². The number of carbonyl (C=O) groups excluding carboxylic acids is 2. The number of urea groups is 1. The third kappa shape index (κ3) is 4.33. The fourth-order valence-electron chi connectivity index (χ4n) is 4.81. The molecule has 1 unspecified atom stereocenters. The summed E-state index contributed by atoms with van der Waals surface area (Å²) in [6.45, 7) is 0. The van der Waals surface area contributed by atoms with E-state index in [2.05, 4.69) is 5.32 Å². The number of amides is 3. The molecular weight excluding hydrogens is 320 g/mol. The second-order valence-electron chi connectivity index (χ2n) is 8.04. The minimum absolute atomic E-state index is 0.299. The first-order chi connectivity index (χ1) is 12.1. The van der Waals surface area contributed by atoms with Gasteiger partial charge in [0.1, 0.15) is 12.1 Å². The van der Waals surface area contributed by atoms with Crippen LogP contribution in [-0.2, 0) is 9.59 Å². The molecule has 2 atom stereocenters. The number of imide groups is 1. The lowest BCUT2D eigenvalue weighted by Gasteiger charge is -2.28. The summed E-state index contributed by atoms with van der Waals surface area (Å²) in [5.74, 6) is -0.636. The Morgan fingerprint density at radius 1 is 1.00 bits per heavy atom. The molecule has 0 bridgehead atoms. The smallest absolute Gasteiger partial charge is 0.327 e. The third-order valence-corrected chi connectivity index (χ3v) is 6.22. The Morgan fingerprint density at radius 2 is 1.56 bits per heavy atom. The molecule has 3 rings (SSSR count). The maximum absolute atomic E-state index is 12.8. The number of carbonyl (C=O) groups is 3. The van der Waals surface area contributed by atoms with Crippen LogP contribution in [-0.4, -0.2) is 40.0 Å². The van der Waals surface area contributed by atoms with Gasteiger partial charge < -0.3 is 10.4 Å². The summed E-state index contributed by atoms with van der Waals surface area (Å²) < 4.78 is 0. The Balaban J connectivity index is 1.64. The van der Waals surface area contributed by atoms with Crippen LogP contribution in [0, 0.1) is 11.8 Å². The number of rotatable bonds is 6. The molecule has 6 heteroatoms. The lowest BCUT2D eigenvalue weighted by molar-refractivity contribution is -0.147. The van der Waals surface area contributed by atoms with Gasteiger partial charge in [-0.3, -0.25) is 4.79 Å². The summed E-state index contributed by atoms with van der Waals surface area (Å²) >= 11 is 0. The molecule has 1 saturated heterocycles. The zero-order valence-corrected chi connectivity index (χ0v) is 14.9. The molecule has 2 saturated carbocycles. The zero-order chi connectivity index (χ0) is 17.8. The average Bonchev–Trinajstić information content (AvgIpc) is 2.88. The van der Waals surface area contributed by atoms with Gasteiger partial charge in [0.2, 0.25) is 0 Å². The van der Waals surface area contributed by atoms with E-state index in [0.29, 0.717) is 24.7 Å². The molecule has 3 fully saturated rings. The van der Waals surface area contributed by atoms with E-state index in [-0.39, 0.29) is 5.91 Å². The molecule has 2 aliphatic carbocycles. The number of nitrogens with one attached hydrogen (secondary N) is 1. The van der Waals surface area contributed by atoms with Crippen LogP contribution in [0.25, 0.3) is 0 Å². The van der Waals surface area contributed by atoms with Crippen molar-refractivity contribution in [2.24, 2.45) is 11.8 Å². The number of carboxylic acids is 1. The quantitative estimate of drug-likeness (QED) is 0.720. The van der Waals surface area contributed by atoms with E-state index in [1.165, 1.54) is 25.7 Å². The van der Waals surface area contributed by atoms with Gasteiger partial charge in [0.05, 0.1) is 0 Å². The Hall–Kier alpha value is -1.59. The molecule has 6 nitrogen and oxygen atoms in total. The number of aliphatic carboxylic acids is 1. The van der Waals surface area contributed by atoms with E-state index in [9.17, 15) is 19.5 Å². The fraction of sp³-hybridized carbons (Fsp3) is 0.842. The van der Waals surface area contributed by atoms with Crippen molar-refractivity contribution in [1.82, 2.24) is 10.2 Å². The molecule has 25 heavy (non-hydrogen) atoms. The highest BCUT2D eigenvalue weighted by atomic mass is 16.4. The standard InChI is InChI=1S/C19H30N2O4/c22-17-15(11-13-7-3-1-4-8-13)20-19(25)21(17)16(18(23)24)12-14-9-5-2-6-10-14/h13-16H,1-12H2,(H,20,25)(H,23,24)/t15?,16-/m0/s1. The maximum Gasteiger partial charge on any atom is 0.327 e. The van der Waals surface area contributed by atoms with Crippen LogP contribution in [0.5, 0.6) is 0 Å². The van der Waals surface area contributed by atoms with Crippen molar-refractivity contribution in [2.75, 3.05) is 0 Å². The van der Waals surface area contributed by atoms with Gasteiger partial charge in [-0.25, -0.2) is 14.5 Å². The normalized spacial score (nSPS) is 27.4. The van der Waals surface area contributed by atoms with Gasteiger partial charge in [-0.2, -0.15) is 0 Å². The first kappa shape index (κ1) is 18.2. The van der Waals surface area contributed by atoms with Gasteiger partial charge >= 0.3 is 12.0 Å². The van der Waals surface area contributed by atoms with E-state index in [0.717, 1.165) is 43.4 Å². The van der Waals surface area contributed by atoms with Crippen LogP contribution in [0.15, 0.2) is 0 Å². The van der Waals surface area contributed by atoms with Gasteiger partial charge in [0.15, 0.2) is 0 Å². The summed E-state index contributed by atoms with van der Waals surface area (Å²) in [7, 11) is 0. The molecule has 3 amide bonds. The van der Waals surface area contributed by atoms with E-state index in [1.54, 1.807) is 0 Å². The van der Waals surface area contributed by atoms with E-state index in [1.807, 2.05) is 0 Å². The molecule has 1 aliphatic heterocycles. The summed E-state index contributed by atoms with van der Waals surface area (Å²) in [6, 6.07) is -2.08. The van der Waals surface area contributed by atoms with Crippen LogP contribution in [0.1, 0.15) is 77.0 Å². The second kappa shape index (κ2) is 8.19. The van der Waals surface area contributed by atoms with E-state index >= 15 is 0 Å². The molecule has 3 aliphatic rings. The van der Waals surface area contributed by atoms with Gasteiger partial charge in [-0.15, -0.1) is 0 Å². The van der Waals surface area contributed by atoms with Crippen molar-refractivity contribution in [3.8, 4) is 0 Å². The minimum atomic E-state index is -1.06. The van der Waals surface area contributed by atoms with Crippen molar-refractivity contribution < 1.29 is 19.5 Å². The number of hydrogen-bond donors (Lipinski definition) is 2. The summed E-state index contributed by atoms with van der Waals surface area (Å²) in [6.07, 6.45) is 12.3. The average molecular weight is 350 g/mol. The Morgan fingerprint density at radius 3 is 2.12 bits per heavy atom. The van der Waals surface area contributed by atoms with Crippen molar-refractivity contribution in [2.45, 2.75) is 89.1 Å². The van der Waals surface area contributed by atoms with Crippen LogP contribution in [0.2, 0.25) is 0 Å². The highest BCUT2D eigenvalue weighted by Crippen LogP contribution is 2.32. The molecular formula is C19H30N2O4. The number of hydrogen-bond acceptors (Lipinski definition) is 3. The van der Waals surface area contributed by atoms with E-state index in [4.69, 9.17) is 0 Å². The summed E-state index contributed by atoms with van der Waals surface area (Å²) in [5, 5.41) is 12.4. The van der Waals surface area contributed by atoms with Crippen LogP contribution in [0.3, 0.4) is 0 Å². The topological polar surface area (TPSA) is 86.7 Å². The monoisotopic (exact) mass is 350 g/mol. The SMILES string of the molecule is O=C(O)[C@H](CC1CCCCC1)N1C(=O)NC(CC2CCCCC2)C1=O. The molecule has 1 heterocycles. The van der Waals surface area contributed by atoms with Crippen LogP contribution < -0.4 is 5.32 Å². The predicted octanol–water partition coefficient (Wildman–Crippen LogP) is 3.30. The molecule has 0 spiro atoms. The number of nitrogens with zero attached hydrogens (tertiary/aromatic N) is 1. The molecule has 0 aromatic rings. The summed E-state index contributed by atoms with van der Waals surface area (Å²) in [4.78, 5) is 37.9. The minimum Gasteiger partial charge on any atom is -0.480 e. The van der Waals surface area contributed by atoms with Crippen molar-refractivity contribution in [3.63, 3.8) is 0 Å². The summed E-state index contributed by atoms with van der Waals surface area (Å²) in [5.41, 5.74) is 0. The van der Waals surface area contributed by atoms with Gasteiger partial charge in [0.25, 0.3) is 5.91 Å². The largest absolute Gasteiger partial charge is 0.480 e. The Labute approximate surface area is 149 Å². The van der Waals surface area contributed by atoms with Crippen molar-refractivity contribution >= 4 is 17.9 Å². The highest BCUT2D eigenvalue weighted by Gasteiger charge is 2.45. The molecule has 0 aromatic heterocycles. The third-order valence-electron chi connectivity index (χ3n) is 6.22. The molecule has 0 aromatic carbocycles. The highest BCUT2D eigenvalue weighted by molar-refractivity contribution is 6.06. The number of carboxylic acid groups (broad SMARTS) is 1. The molecule has 2 N–H and O–H groups in total. The first-order valence-electron chi connectivity index (χ1n) is 9.92. The van der Waals surface area contributed by atoms with E-state index < -0.39 is 24.1 Å². The van der Waals surface area contributed by atoms with Crippen LogP contribution >= 0.6 is 0 Å². The maximum atomic E-state index is 12.8. The molecule has 140 valence electrons.